The lowest BCUT2D eigenvalue weighted by molar-refractivity contribution is 0.116. The Morgan fingerprint density at radius 2 is 2.14 bits per heavy atom. The average Bonchev–Trinajstić information content (AvgIpc) is 2.65. The lowest BCUT2D eigenvalue weighted by Crippen LogP contribution is -2.25. The molecule has 0 saturated carbocycles. The van der Waals surface area contributed by atoms with Crippen LogP contribution in [0.1, 0.15) is 25.4 Å². The zero-order valence-corrected chi connectivity index (χ0v) is 9.17. The van der Waals surface area contributed by atoms with E-state index in [0.717, 1.165) is 31.0 Å². The number of hydrogen-bond acceptors (Lipinski definition) is 3. The Balaban J connectivity index is 2.24. The summed E-state index contributed by atoms with van der Waals surface area (Å²) in [6.07, 6.45) is 1.20. The molecule has 0 radical (unpaired) electrons. The van der Waals surface area contributed by atoms with Gasteiger partial charge in [0.1, 0.15) is 11.5 Å². The first-order valence-electron chi connectivity index (χ1n) is 5.07. The number of furan rings is 1. The lowest BCUT2D eigenvalue weighted by Gasteiger charge is -2.09. The molecule has 0 bridgehead atoms. The van der Waals surface area contributed by atoms with E-state index in [4.69, 9.17) is 9.15 Å². The molecule has 0 aromatic carbocycles. The van der Waals surface area contributed by atoms with Crippen LogP contribution in [0.4, 0.5) is 0 Å². The van der Waals surface area contributed by atoms with Crippen LogP contribution in [0.3, 0.4) is 0 Å². The summed E-state index contributed by atoms with van der Waals surface area (Å²) >= 11 is 0. The zero-order valence-electron chi connectivity index (χ0n) is 9.17. The van der Waals surface area contributed by atoms with Gasteiger partial charge >= 0.3 is 0 Å². The van der Waals surface area contributed by atoms with Crippen molar-refractivity contribution in [3.63, 3.8) is 0 Å². The Labute approximate surface area is 85.4 Å². The SMILES string of the molecule is CCc1ccc(CNCC(C)OC)o1. The number of hydrogen-bond donors (Lipinski definition) is 1. The Morgan fingerprint density at radius 3 is 2.71 bits per heavy atom. The minimum Gasteiger partial charge on any atom is -0.465 e. The molecule has 0 fully saturated rings. The maximum atomic E-state index is 5.54. The summed E-state index contributed by atoms with van der Waals surface area (Å²) in [6.45, 7) is 5.74. The number of aryl methyl sites for hydroxylation is 1. The van der Waals surface area contributed by atoms with Gasteiger partial charge in [-0.2, -0.15) is 0 Å². The predicted octanol–water partition coefficient (Wildman–Crippen LogP) is 1.97. The summed E-state index contributed by atoms with van der Waals surface area (Å²) in [4.78, 5) is 0. The van der Waals surface area contributed by atoms with E-state index < -0.39 is 0 Å². The van der Waals surface area contributed by atoms with Crippen molar-refractivity contribution in [2.24, 2.45) is 0 Å². The number of nitrogens with one attached hydrogen (secondary N) is 1. The van der Waals surface area contributed by atoms with E-state index in [9.17, 15) is 0 Å². The first-order valence-corrected chi connectivity index (χ1v) is 5.07. The molecule has 0 spiro atoms. The molecular formula is C11H19NO2. The van der Waals surface area contributed by atoms with Gasteiger partial charge in [0.05, 0.1) is 12.6 Å². The summed E-state index contributed by atoms with van der Waals surface area (Å²) in [7, 11) is 1.72. The van der Waals surface area contributed by atoms with Crippen LogP contribution in [0.2, 0.25) is 0 Å². The number of methoxy groups -OCH3 is 1. The maximum absolute atomic E-state index is 5.54. The van der Waals surface area contributed by atoms with Crippen LogP contribution in [0.5, 0.6) is 0 Å². The van der Waals surface area contributed by atoms with E-state index in [1.165, 1.54) is 0 Å². The van der Waals surface area contributed by atoms with Gasteiger partial charge in [-0.1, -0.05) is 6.92 Å². The van der Waals surface area contributed by atoms with E-state index in [0.29, 0.717) is 0 Å². The summed E-state index contributed by atoms with van der Waals surface area (Å²) in [5.41, 5.74) is 0. The molecule has 1 unspecified atom stereocenters. The first-order chi connectivity index (χ1) is 6.76. The number of ether oxygens (including phenoxy) is 1. The first kappa shape index (κ1) is 11.3. The largest absolute Gasteiger partial charge is 0.465 e. The zero-order chi connectivity index (χ0) is 10.4. The molecule has 0 saturated heterocycles. The van der Waals surface area contributed by atoms with Gasteiger partial charge in [0.25, 0.3) is 0 Å². The third-order valence-electron chi connectivity index (χ3n) is 2.20. The normalized spacial score (nSPS) is 13.1. The van der Waals surface area contributed by atoms with Crippen LogP contribution >= 0.6 is 0 Å². The minimum absolute atomic E-state index is 0.246. The van der Waals surface area contributed by atoms with Gasteiger partial charge in [-0.25, -0.2) is 0 Å². The molecule has 1 rings (SSSR count). The van der Waals surface area contributed by atoms with Gasteiger partial charge in [0.2, 0.25) is 0 Å². The van der Waals surface area contributed by atoms with E-state index in [2.05, 4.69) is 12.2 Å². The van der Waals surface area contributed by atoms with Crippen LogP contribution in [0.25, 0.3) is 0 Å². The average molecular weight is 197 g/mol. The molecular weight excluding hydrogens is 178 g/mol. The second-order valence-electron chi connectivity index (χ2n) is 3.40. The summed E-state index contributed by atoms with van der Waals surface area (Å²) in [6, 6.07) is 4.04. The smallest absolute Gasteiger partial charge is 0.117 e. The highest BCUT2D eigenvalue weighted by molar-refractivity contribution is 5.06. The Hall–Kier alpha value is -0.800. The van der Waals surface area contributed by atoms with Gasteiger partial charge in [-0.15, -0.1) is 0 Å². The predicted molar refractivity (Wildman–Crippen MR) is 56.3 cm³/mol. The third-order valence-corrected chi connectivity index (χ3v) is 2.20. The molecule has 3 nitrogen and oxygen atoms in total. The van der Waals surface area contributed by atoms with Gasteiger partial charge in [-0.05, 0) is 19.1 Å². The molecule has 1 atom stereocenters. The van der Waals surface area contributed by atoms with Crippen molar-refractivity contribution in [3.8, 4) is 0 Å². The van der Waals surface area contributed by atoms with E-state index in [-0.39, 0.29) is 6.10 Å². The Kier molecular flexibility index (Phi) is 4.70. The highest BCUT2D eigenvalue weighted by Crippen LogP contribution is 2.07. The van der Waals surface area contributed by atoms with Gasteiger partial charge in [-0.3, -0.25) is 0 Å². The standard InChI is InChI=1S/C11H19NO2/c1-4-10-5-6-11(14-10)8-12-7-9(2)13-3/h5-6,9,12H,4,7-8H2,1-3H3. The fourth-order valence-electron chi connectivity index (χ4n) is 1.19. The maximum Gasteiger partial charge on any atom is 0.117 e. The van der Waals surface area contributed by atoms with Crippen molar-refractivity contribution in [3.05, 3.63) is 23.7 Å². The monoisotopic (exact) mass is 197 g/mol. The molecule has 0 amide bonds. The van der Waals surface area contributed by atoms with Crippen LogP contribution in [-0.2, 0) is 17.7 Å². The lowest BCUT2D eigenvalue weighted by atomic mass is 10.3. The summed E-state index contributed by atoms with van der Waals surface area (Å²) in [5.74, 6) is 2.03. The fraction of sp³-hybridized carbons (Fsp3) is 0.636. The van der Waals surface area contributed by atoms with Gasteiger partial charge in [0, 0.05) is 20.1 Å². The molecule has 14 heavy (non-hydrogen) atoms. The van der Waals surface area contributed by atoms with E-state index >= 15 is 0 Å². The molecule has 1 heterocycles. The highest BCUT2D eigenvalue weighted by Gasteiger charge is 2.01. The topological polar surface area (TPSA) is 34.4 Å². The van der Waals surface area contributed by atoms with Crippen molar-refractivity contribution in [1.29, 1.82) is 0 Å². The van der Waals surface area contributed by atoms with Gasteiger partial charge < -0.3 is 14.5 Å². The second-order valence-corrected chi connectivity index (χ2v) is 3.40. The van der Waals surface area contributed by atoms with Crippen LogP contribution in [0, 0.1) is 0 Å². The van der Waals surface area contributed by atoms with Gasteiger partial charge in [0.15, 0.2) is 0 Å². The fourth-order valence-corrected chi connectivity index (χ4v) is 1.19. The van der Waals surface area contributed by atoms with Crippen molar-refractivity contribution in [1.82, 2.24) is 5.32 Å². The summed E-state index contributed by atoms with van der Waals surface area (Å²) in [5, 5.41) is 3.27. The Bertz CT molecular complexity index is 258. The molecule has 1 aromatic heterocycles. The van der Waals surface area contributed by atoms with Crippen molar-refractivity contribution < 1.29 is 9.15 Å². The van der Waals surface area contributed by atoms with Crippen molar-refractivity contribution in [2.75, 3.05) is 13.7 Å². The summed E-state index contributed by atoms with van der Waals surface area (Å²) < 4.78 is 10.7. The van der Waals surface area contributed by atoms with Crippen molar-refractivity contribution in [2.45, 2.75) is 32.9 Å². The second kappa shape index (κ2) is 5.83. The highest BCUT2D eigenvalue weighted by atomic mass is 16.5. The Morgan fingerprint density at radius 1 is 1.43 bits per heavy atom. The molecule has 0 aliphatic heterocycles. The van der Waals surface area contributed by atoms with Crippen LogP contribution < -0.4 is 5.32 Å². The minimum atomic E-state index is 0.246. The molecule has 1 N–H and O–H groups in total. The molecule has 0 aliphatic rings. The number of rotatable bonds is 6. The molecule has 1 aromatic rings. The van der Waals surface area contributed by atoms with Crippen LogP contribution in [-0.4, -0.2) is 19.8 Å². The van der Waals surface area contributed by atoms with E-state index in [1.807, 2.05) is 19.1 Å². The van der Waals surface area contributed by atoms with Crippen molar-refractivity contribution >= 4 is 0 Å². The van der Waals surface area contributed by atoms with Crippen LogP contribution in [0.15, 0.2) is 16.5 Å². The third kappa shape index (κ3) is 3.52. The van der Waals surface area contributed by atoms with E-state index in [1.54, 1.807) is 7.11 Å². The quantitative estimate of drug-likeness (QED) is 0.757. The molecule has 0 aliphatic carbocycles. The molecule has 80 valence electrons. The molecule has 3 heteroatoms.